The van der Waals surface area contributed by atoms with E-state index >= 15 is 0 Å². The van der Waals surface area contributed by atoms with E-state index in [0.29, 0.717) is 39.6 Å². The average molecular weight is 559 g/mol. The van der Waals surface area contributed by atoms with Gasteiger partial charge in [-0.15, -0.1) is 11.8 Å². The van der Waals surface area contributed by atoms with Crippen LogP contribution in [0.1, 0.15) is 36.6 Å². The molecule has 2 fully saturated rings. The molecule has 3 heterocycles. The summed E-state index contributed by atoms with van der Waals surface area (Å²) < 4.78 is 0.802. The summed E-state index contributed by atoms with van der Waals surface area (Å²) in [5, 5.41) is 2.99. The van der Waals surface area contributed by atoms with E-state index in [1.165, 1.54) is 0 Å². The number of para-hydroxylation sites is 1. The van der Waals surface area contributed by atoms with Crippen molar-refractivity contribution < 1.29 is 19.2 Å². The predicted molar refractivity (Wildman–Crippen MR) is 139 cm³/mol. The molecule has 36 heavy (non-hydrogen) atoms. The van der Waals surface area contributed by atoms with E-state index in [1.807, 2.05) is 29.2 Å². The normalized spacial score (nSPS) is 27.4. The number of halogens is 1. The van der Waals surface area contributed by atoms with Gasteiger partial charge in [0, 0.05) is 44.5 Å². The molecule has 3 aliphatic heterocycles. The molecule has 0 aromatic heterocycles. The Balaban J connectivity index is 1.57. The molecule has 0 bridgehead atoms. The van der Waals surface area contributed by atoms with Gasteiger partial charge in [0.25, 0.3) is 0 Å². The van der Waals surface area contributed by atoms with Gasteiger partial charge < -0.3 is 5.32 Å². The van der Waals surface area contributed by atoms with Crippen molar-refractivity contribution >= 4 is 56.6 Å². The standard InChI is InChI=1S/C28H19BrN2O4S/c29-16-11-9-15(10-12-16)22(32)23-27(19-7-3-4-8-20(19)30-26(27)35)21-13-36-14-31(21)28(23)24(33)17-5-1-2-6-18(17)25(28)34/h1-12,21,23H,13-14H2,(H,30,35)/t21-,23-,27-/m1/s1. The molecule has 0 saturated carbocycles. The fourth-order valence-electron chi connectivity index (χ4n) is 6.87. The molecule has 0 unspecified atom stereocenters. The highest BCUT2D eigenvalue weighted by Gasteiger charge is 2.80. The Hall–Kier alpha value is -3.07. The van der Waals surface area contributed by atoms with Gasteiger partial charge in [0.1, 0.15) is 5.41 Å². The van der Waals surface area contributed by atoms with Crippen molar-refractivity contribution in [1.29, 1.82) is 0 Å². The quantitative estimate of drug-likeness (QED) is 0.372. The van der Waals surface area contributed by atoms with E-state index in [0.717, 1.165) is 4.47 Å². The Labute approximate surface area is 219 Å². The average Bonchev–Trinajstić information content (AvgIpc) is 3.60. The summed E-state index contributed by atoms with van der Waals surface area (Å²) in [6.07, 6.45) is 0. The SMILES string of the molecule is O=C(c1ccc(Br)cc1)[C@H]1C2(C(=O)c3ccccc3C2=O)N2CSC[C@@H]2[C@@]12C(=O)Nc1ccccc12. The number of ketones is 3. The lowest BCUT2D eigenvalue weighted by Gasteiger charge is -2.37. The van der Waals surface area contributed by atoms with E-state index in [2.05, 4.69) is 21.2 Å². The summed E-state index contributed by atoms with van der Waals surface area (Å²) in [6, 6.07) is 20.5. The molecule has 3 aromatic rings. The highest BCUT2D eigenvalue weighted by atomic mass is 79.9. The summed E-state index contributed by atoms with van der Waals surface area (Å²) in [7, 11) is 0. The second-order valence-electron chi connectivity index (χ2n) is 9.63. The minimum Gasteiger partial charge on any atom is -0.325 e. The maximum Gasteiger partial charge on any atom is 0.237 e. The van der Waals surface area contributed by atoms with Gasteiger partial charge in [-0.3, -0.25) is 24.1 Å². The Bertz CT molecular complexity index is 1480. The largest absolute Gasteiger partial charge is 0.325 e. The minimum absolute atomic E-state index is 0.315. The van der Waals surface area contributed by atoms with Crippen LogP contribution in [0, 0.1) is 5.92 Å². The molecule has 1 aliphatic carbocycles. The van der Waals surface area contributed by atoms with Crippen molar-refractivity contribution in [3.63, 3.8) is 0 Å². The van der Waals surface area contributed by atoms with Crippen LogP contribution in [0.2, 0.25) is 0 Å². The fourth-order valence-corrected chi connectivity index (χ4v) is 8.48. The number of amides is 1. The van der Waals surface area contributed by atoms with Gasteiger partial charge in [0.2, 0.25) is 5.91 Å². The van der Waals surface area contributed by atoms with E-state index in [1.54, 1.807) is 60.3 Å². The third-order valence-corrected chi connectivity index (χ3v) is 9.77. The lowest BCUT2D eigenvalue weighted by Crippen LogP contribution is -2.60. The summed E-state index contributed by atoms with van der Waals surface area (Å²) in [5.41, 5.74) is -0.860. The van der Waals surface area contributed by atoms with Crippen molar-refractivity contribution in [2.45, 2.75) is 17.0 Å². The van der Waals surface area contributed by atoms with Gasteiger partial charge in [0.15, 0.2) is 22.9 Å². The molecule has 1 amide bonds. The van der Waals surface area contributed by atoms with Crippen molar-refractivity contribution in [3.8, 4) is 0 Å². The zero-order valence-corrected chi connectivity index (χ0v) is 21.3. The number of rotatable bonds is 2. The van der Waals surface area contributed by atoms with Crippen LogP contribution in [0.4, 0.5) is 5.69 Å². The highest BCUT2D eigenvalue weighted by molar-refractivity contribution is 9.10. The molecule has 1 N–H and O–H groups in total. The third kappa shape index (κ3) is 2.42. The predicted octanol–water partition coefficient (Wildman–Crippen LogP) is 4.34. The number of anilines is 1. The summed E-state index contributed by atoms with van der Waals surface area (Å²) >= 11 is 4.99. The van der Waals surface area contributed by atoms with E-state index in [4.69, 9.17) is 0 Å². The summed E-state index contributed by atoms with van der Waals surface area (Å²) in [6.45, 7) is 0. The zero-order valence-electron chi connectivity index (χ0n) is 18.9. The van der Waals surface area contributed by atoms with Crippen LogP contribution in [0.5, 0.6) is 0 Å². The molecule has 3 aromatic carbocycles. The van der Waals surface area contributed by atoms with Crippen LogP contribution in [-0.4, -0.2) is 51.4 Å². The van der Waals surface area contributed by atoms with Crippen LogP contribution < -0.4 is 5.32 Å². The van der Waals surface area contributed by atoms with Crippen LogP contribution in [0.3, 0.4) is 0 Å². The first-order valence-electron chi connectivity index (χ1n) is 11.7. The topological polar surface area (TPSA) is 83.6 Å². The van der Waals surface area contributed by atoms with Crippen molar-refractivity contribution in [2.24, 2.45) is 5.92 Å². The fraction of sp³-hybridized carbons (Fsp3) is 0.214. The molecule has 4 aliphatic rings. The lowest BCUT2D eigenvalue weighted by molar-refractivity contribution is -0.122. The number of fused-ring (bicyclic) bond motifs is 6. The first-order chi connectivity index (χ1) is 17.4. The monoisotopic (exact) mass is 558 g/mol. The van der Waals surface area contributed by atoms with Crippen LogP contribution in [0.15, 0.2) is 77.3 Å². The van der Waals surface area contributed by atoms with E-state index in [-0.39, 0.29) is 23.3 Å². The number of nitrogens with zero attached hydrogens (tertiary/aromatic N) is 1. The van der Waals surface area contributed by atoms with Gasteiger partial charge in [-0.1, -0.05) is 70.5 Å². The molecular weight excluding hydrogens is 540 g/mol. The molecular formula is C28H19BrN2O4S. The maximum absolute atomic E-state index is 14.6. The lowest BCUT2D eigenvalue weighted by atomic mass is 9.60. The second-order valence-corrected chi connectivity index (χ2v) is 11.5. The van der Waals surface area contributed by atoms with Crippen molar-refractivity contribution in [2.75, 3.05) is 16.9 Å². The first-order valence-corrected chi connectivity index (χ1v) is 13.6. The maximum atomic E-state index is 14.6. The van der Waals surface area contributed by atoms with Crippen LogP contribution >= 0.6 is 27.7 Å². The van der Waals surface area contributed by atoms with Crippen molar-refractivity contribution in [1.82, 2.24) is 4.90 Å². The molecule has 0 radical (unpaired) electrons. The molecule has 6 nitrogen and oxygen atoms in total. The molecule has 178 valence electrons. The number of thioether (sulfide) groups is 1. The molecule has 7 rings (SSSR count). The Kier molecular flexibility index (Phi) is 4.60. The summed E-state index contributed by atoms with van der Waals surface area (Å²) in [4.78, 5) is 59.3. The number of hydrogen-bond acceptors (Lipinski definition) is 6. The number of nitrogens with one attached hydrogen (secondary N) is 1. The Morgan fingerprint density at radius 2 is 1.56 bits per heavy atom. The van der Waals surface area contributed by atoms with Crippen LogP contribution in [-0.2, 0) is 10.2 Å². The Morgan fingerprint density at radius 1 is 0.917 bits per heavy atom. The van der Waals surface area contributed by atoms with Gasteiger partial charge in [0.05, 0.1) is 5.92 Å². The first kappa shape index (κ1) is 22.2. The molecule has 2 spiro atoms. The second kappa shape index (κ2) is 7.47. The minimum atomic E-state index is -1.78. The van der Waals surface area contributed by atoms with Gasteiger partial charge in [-0.05, 0) is 23.8 Å². The zero-order chi connectivity index (χ0) is 24.8. The number of carbonyl (C=O) groups is 4. The highest BCUT2D eigenvalue weighted by Crippen LogP contribution is 2.63. The number of hydrogen-bond donors (Lipinski definition) is 1. The van der Waals surface area contributed by atoms with E-state index in [9.17, 15) is 19.2 Å². The van der Waals surface area contributed by atoms with Gasteiger partial charge in [-0.2, -0.15) is 0 Å². The molecule has 2 saturated heterocycles. The third-order valence-electron chi connectivity index (χ3n) is 8.23. The Morgan fingerprint density at radius 3 is 2.25 bits per heavy atom. The van der Waals surface area contributed by atoms with Gasteiger partial charge >= 0.3 is 0 Å². The smallest absolute Gasteiger partial charge is 0.237 e. The number of Topliss-reactive ketones (excluding diaryl/α,β-unsaturated/α-hetero) is 3. The number of benzene rings is 3. The molecule has 8 heteroatoms. The number of carbonyl (C=O) groups excluding carboxylic acids is 4. The van der Waals surface area contributed by atoms with Gasteiger partial charge in [-0.25, -0.2) is 0 Å². The van der Waals surface area contributed by atoms with Crippen LogP contribution in [0.25, 0.3) is 0 Å². The summed E-state index contributed by atoms with van der Waals surface area (Å²) in [5.74, 6) is -1.77. The van der Waals surface area contributed by atoms with Crippen molar-refractivity contribution in [3.05, 3.63) is 99.5 Å². The van der Waals surface area contributed by atoms with E-state index < -0.39 is 22.9 Å². The molecule has 3 atom stereocenters.